The third-order valence-electron chi connectivity index (χ3n) is 3.73. The van der Waals surface area contributed by atoms with E-state index >= 15 is 0 Å². The Hall–Kier alpha value is -3.13. The van der Waals surface area contributed by atoms with Crippen molar-refractivity contribution < 1.29 is 28.7 Å². The number of nitro groups is 1. The van der Waals surface area contributed by atoms with Crippen molar-refractivity contribution in [3.05, 3.63) is 62.2 Å². The highest BCUT2D eigenvalue weighted by molar-refractivity contribution is 6.32. The molecule has 0 saturated carbocycles. The van der Waals surface area contributed by atoms with E-state index in [1.54, 1.807) is 6.92 Å². The first-order valence-electron chi connectivity index (χ1n) is 7.65. The van der Waals surface area contributed by atoms with Crippen LogP contribution in [-0.4, -0.2) is 37.5 Å². The number of esters is 1. The molecule has 0 amide bonds. The highest BCUT2D eigenvalue weighted by atomic mass is 35.5. The molecule has 0 fully saturated rings. The first-order valence-corrected chi connectivity index (χ1v) is 8.03. The van der Waals surface area contributed by atoms with Crippen LogP contribution in [0, 0.1) is 17.0 Å². The highest BCUT2D eigenvalue weighted by Gasteiger charge is 2.19. The van der Waals surface area contributed by atoms with Gasteiger partial charge in [-0.15, -0.1) is 0 Å². The quantitative estimate of drug-likeness (QED) is 0.306. The van der Waals surface area contributed by atoms with Crippen LogP contribution in [0.1, 0.15) is 26.3 Å². The van der Waals surface area contributed by atoms with E-state index in [-0.39, 0.29) is 33.3 Å². The molecule has 8 nitrogen and oxygen atoms in total. The fourth-order valence-corrected chi connectivity index (χ4v) is 2.60. The lowest BCUT2D eigenvalue weighted by molar-refractivity contribution is -0.385. The van der Waals surface area contributed by atoms with Gasteiger partial charge in [-0.25, -0.2) is 4.79 Å². The molecule has 2 rings (SSSR count). The van der Waals surface area contributed by atoms with Crippen molar-refractivity contribution in [3.8, 4) is 11.5 Å². The largest absolute Gasteiger partial charge is 0.493 e. The number of ether oxygens (including phenoxy) is 3. The minimum atomic E-state index is -0.798. The summed E-state index contributed by atoms with van der Waals surface area (Å²) in [5.74, 6) is -0.873. The van der Waals surface area contributed by atoms with E-state index in [2.05, 4.69) is 0 Å². The molecular formula is C18H16ClNO7. The molecule has 0 heterocycles. The highest BCUT2D eigenvalue weighted by Crippen LogP contribution is 2.36. The Bertz CT molecular complexity index is 911. The first kappa shape index (κ1) is 20.2. The van der Waals surface area contributed by atoms with E-state index in [0.29, 0.717) is 5.56 Å². The van der Waals surface area contributed by atoms with Gasteiger partial charge in [0.2, 0.25) is 5.78 Å². The van der Waals surface area contributed by atoms with Gasteiger partial charge < -0.3 is 14.2 Å². The number of rotatable bonds is 7. The first-order chi connectivity index (χ1) is 12.8. The van der Waals surface area contributed by atoms with Crippen molar-refractivity contribution in [2.75, 3.05) is 20.8 Å². The van der Waals surface area contributed by atoms with Crippen molar-refractivity contribution in [1.82, 2.24) is 0 Å². The lowest BCUT2D eigenvalue weighted by atomic mass is 10.1. The predicted molar refractivity (Wildman–Crippen MR) is 97.0 cm³/mol. The minimum Gasteiger partial charge on any atom is -0.493 e. The molecular weight excluding hydrogens is 378 g/mol. The normalized spacial score (nSPS) is 10.2. The number of methoxy groups -OCH3 is 2. The molecule has 2 aromatic rings. The molecule has 0 aromatic heterocycles. The second-order valence-corrected chi connectivity index (χ2v) is 5.86. The van der Waals surface area contributed by atoms with Crippen LogP contribution in [0.2, 0.25) is 5.02 Å². The molecule has 0 atom stereocenters. The van der Waals surface area contributed by atoms with Gasteiger partial charge in [0.25, 0.3) is 5.69 Å². The Morgan fingerprint density at radius 1 is 1.11 bits per heavy atom. The van der Waals surface area contributed by atoms with Crippen LogP contribution >= 0.6 is 11.6 Å². The summed E-state index contributed by atoms with van der Waals surface area (Å²) in [6.07, 6.45) is 0. The van der Waals surface area contributed by atoms with Gasteiger partial charge in [-0.3, -0.25) is 14.9 Å². The SMILES string of the molecule is COc1cc(C(=O)OCC(=O)c2ccc(C)c([N+](=O)[O-])c2)cc(Cl)c1OC. The summed E-state index contributed by atoms with van der Waals surface area (Å²) in [5, 5.41) is 11.1. The number of nitro benzene ring substituents is 1. The minimum absolute atomic E-state index is 0.0698. The molecule has 0 bridgehead atoms. The standard InChI is InChI=1S/C18H16ClNO7/c1-10-4-5-11(7-14(10)20(23)24)15(21)9-27-18(22)12-6-13(19)17(26-3)16(8-12)25-2/h4-8H,9H2,1-3H3. The fourth-order valence-electron chi connectivity index (χ4n) is 2.31. The predicted octanol–water partition coefficient (Wildman–Crippen LogP) is 3.61. The summed E-state index contributed by atoms with van der Waals surface area (Å²) >= 11 is 6.03. The van der Waals surface area contributed by atoms with Gasteiger partial charge in [0.1, 0.15) is 0 Å². The van der Waals surface area contributed by atoms with Crippen LogP contribution in [-0.2, 0) is 4.74 Å². The van der Waals surface area contributed by atoms with Crippen molar-refractivity contribution in [2.45, 2.75) is 6.92 Å². The number of hydrogen-bond acceptors (Lipinski definition) is 7. The van der Waals surface area contributed by atoms with Gasteiger partial charge in [-0.1, -0.05) is 23.7 Å². The summed E-state index contributed by atoms with van der Waals surface area (Å²) in [7, 11) is 2.79. The van der Waals surface area contributed by atoms with E-state index < -0.39 is 23.3 Å². The molecule has 142 valence electrons. The average molecular weight is 394 g/mol. The number of halogens is 1. The summed E-state index contributed by atoms with van der Waals surface area (Å²) in [4.78, 5) is 34.8. The molecule has 0 N–H and O–H groups in total. The monoisotopic (exact) mass is 393 g/mol. The van der Waals surface area contributed by atoms with E-state index in [0.717, 1.165) is 6.07 Å². The number of ketones is 1. The third kappa shape index (κ3) is 4.53. The van der Waals surface area contributed by atoms with Crippen molar-refractivity contribution in [3.63, 3.8) is 0 Å². The number of carbonyl (C=O) groups is 2. The van der Waals surface area contributed by atoms with E-state index in [9.17, 15) is 19.7 Å². The number of nitrogens with zero attached hydrogens (tertiary/aromatic N) is 1. The zero-order valence-corrected chi connectivity index (χ0v) is 15.5. The topological polar surface area (TPSA) is 105 Å². The summed E-state index contributed by atoms with van der Waals surface area (Å²) in [6, 6.07) is 6.74. The van der Waals surface area contributed by atoms with E-state index in [4.69, 9.17) is 25.8 Å². The zero-order chi connectivity index (χ0) is 20.1. The van der Waals surface area contributed by atoms with Gasteiger partial charge >= 0.3 is 5.97 Å². The van der Waals surface area contributed by atoms with Crippen molar-refractivity contribution >= 4 is 29.0 Å². The Kier molecular flexibility index (Phi) is 6.36. The van der Waals surface area contributed by atoms with Gasteiger partial charge in [-0.2, -0.15) is 0 Å². The molecule has 0 aliphatic rings. The van der Waals surface area contributed by atoms with Gasteiger partial charge in [-0.05, 0) is 19.1 Å². The maximum atomic E-state index is 12.2. The van der Waals surface area contributed by atoms with Crippen LogP contribution in [0.5, 0.6) is 11.5 Å². The number of aryl methyl sites for hydroxylation is 1. The summed E-state index contributed by atoms with van der Waals surface area (Å²) in [5.41, 5.74) is 0.387. The lowest BCUT2D eigenvalue weighted by Gasteiger charge is -2.11. The molecule has 0 radical (unpaired) electrons. The second kappa shape index (κ2) is 8.50. The fraction of sp³-hybridized carbons (Fsp3) is 0.222. The smallest absolute Gasteiger partial charge is 0.338 e. The Morgan fingerprint density at radius 3 is 2.41 bits per heavy atom. The molecule has 0 unspecified atom stereocenters. The number of benzene rings is 2. The van der Waals surface area contributed by atoms with Gasteiger partial charge in [0.15, 0.2) is 18.1 Å². The summed E-state index contributed by atoms with van der Waals surface area (Å²) in [6.45, 7) is 0.984. The van der Waals surface area contributed by atoms with Gasteiger partial charge in [0, 0.05) is 17.2 Å². The number of carbonyl (C=O) groups excluding carboxylic acids is 2. The molecule has 0 aliphatic carbocycles. The Balaban J connectivity index is 2.14. The van der Waals surface area contributed by atoms with Crippen LogP contribution in [0.4, 0.5) is 5.69 Å². The zero-order valence-electron chi connectivity index (χ0n) is 14.8. The van der Waals surface area contributed by atoms with Crippen molar-refractivity contribution in [2.24, 2.45) is 0 Å². The molecule has 27 heavy (non-hydrogen) atoms. The Morgan fingerprint density at radius 2 is 1.81 bits per heavy atom. The van der Waals surface area contributed by atoms with Crippen LogP contribution < -0.4 is 9.47 Å². The van der Waals surface area contributed by atoms with E-state index in [1.807, 2.05) is 0 Å². The van der Waals surface area contributed by atoms with E-state index in [1.165, 1.54) is 38.5 Å². The third-order valence-corrected chi connectivity index (χ3v) is 4.01. The molecule has 2 aromatic carbocycles. The lowest BCUT2D eigenvalue weighted by Crippen LogP contribution is -2.15. The van der Waals surface area contributed by atoms with Crippen molar-refractivity contribution in [1.29, 1.82) is 0 Å². The van der Waals surface area contributed by atoms with Gasteiger partial charge in [0.05, 0.1) is 29.7 Å². The molecule has 0 aliphatic heterocycles. The number of Topliss-reactive ketones (excluding diaryl/α,β-unsaturated/α-hetero) is 1. The van der Waals surface area contributed by atoms with Crippen LogP contribution in [0.3, 0.4) is 0 Å². The maximum absolute atomic E-state index is 12.2. The second-order valence-electron chi connectivity index (χ2n) is 5.45. The molecule has 0 spiro atoms. The molecule has 0 saturated heterocycles. The Labute approximate surface area is 159 Å². The van der Waals surface area contributed by atoms with Crippen LogP contribution in [0.25, 0.3) is 0 Å². The number of hydrogen-bond donors (Lipinski definition) is 0. The molecule has 9 heteroatoms. The average Bonchev–Trinajstić information content (AvgIpc) is 2.65. The van der Waals surface area contributed by atoms with Crippen LogP contribution in [0.15, 0.2) is 30.3 Å². The maximum Gasteiger partial charge on any atom is 0.338 e. The summed E-state index contributed by atoms with van der Waals surface area (Å²) < 4.78 is 15.2.